The molecule has 0 aliphatic carbocycles. The molecule has 0 fully saturated rings. The maximum Gasteiger partial charge on any atom is 0.322 e. The van der Waals surface area contributed by atoms with Crippen LogP contribution >= 0.6 is 0 Å². The van der Waals surface area contributed by atoms with E-state index in [0.717, 1.165) is 12.1 Å². The largest absolute Gasteiger partial charge is 0.468 e. The molecule has 0 heterocycles. The smallest absolute Gasteiger partial charge is 0.322 e. The molecule has 0 unspecified atom stereocenters. The predicted molar refractivity (Wildman–Crippen MR) is 55.1 cm³/mol. The van der Waals surface area contributed by atoms with Gasteiger partial charge in [0.2, 0.25) is 0 Å². The average Bonchev–Trinajstić information content (AvgIpc) is 2.30. The van der Waals surface area contributed by atoms with Crippen LogP contribution in [0.25, 0.3) is 0 Å². The van der Waals surface area contributed by atoms with Crippen LogP contribution in [0.4, 0.5) is 13.2 Å². The molecule has 0 spiro atoms. The summed E-state index contributed by atoms with van der Waals surface area (Å²) in [7, 11) is 1.18. The highest BCUT2D eigenvalue weighted by atomic mass is 19.3. The second-order valence-corrected chi connectivity index (χ2v) is 3.49. The number of alkyl halides is 2. The molecule has 0 radical (unpaired) electrons. The Hall–Kier alpha value is -1.56. The van der Waals surface area contributed by atoms with E-state index in [4.69, 9.17) is 5.73 Å². The SMILES string of the molecule is COC(=O)[C@H](N)Cc1ccc(F)c(C(F)F)c1. The number of methoxy groups -OCH3 is 1. The van der Waals surface area contributed by atoms with Crippen LogP contribution in [0.5, 0.6) is 0 Å². The average molecular weight is 247 g/mol. The van der Waals surface area contributed by atoms with Crippen molar-refractivity contribution in [2.45, 2.75) is 18.9 Å². The first-order chi connectivity index (χ1) is 7.95. The Bertz CT molecular complexity index is 410. The topological polar surface area (TPSA) is 52.3 Å². The fraction of sp³-hybridized carbons (Fsp3) is 0.364. The van der Waals surface area contributed by atoms with Gasteiger partial charge in [0.05, 0.1) is 12.7 Å². The van der Waals surface area contributed by atoms with Crippen molar-refractivity contribution < 1.29 is 22.7 Å². The van der Waals surface area contributed by atoms with Gasteiger partial charge in [0.1, 0.15) is 11.9 Å². The summed E-state index contributed by atoms with van der Waals surface area (Å²) >= 11 is 0. The van der Waals surface area contributed by atoms with E-state index in [0.29, 0.717) is 5.56 Å². The molecular formula is C11H12F3NO2. The number of carbonyl (C=O) groups is 1. The molecule has 0 aliphatic rings. The van der Waals surface area contributed by atoms with Crippen LogP contribution < -0.4 is 5.73 Å². The molecule has 1 aromatic rings. The quantitative estimate of drug-likeness (QED) is 0.825. The first kappa shape index (κ1) is 13.5. The minimum atomic E-state index is -2.90. The van der Waals surface area contributed by atoms with Gasteiger partial charge in [-0.25, -0.2) is 13.2 Å². The van der Waals surface area contributed by atoms with Crippen molar-refractivity contribution in [2.75, 3.05) is 7.11 Å². The van der Waals surface area contributed by atoms with Gasteiger partial charge in [0, 0.05) is 0 Å². The summed E-state index contributed by atoms with van der Waals surface area (Å²) < 4.78 is 42.2. The van der Waals surface area contributed by atoms with Crippen molar-refractivity contribution in [3.8, 4) is 0 Å². The van der Waals surface area contributed by atoms with Crippen LogP contribution in [0.15, 0.2) is 18.2 Å². The van der Waals surface area contributed by atoms with Crippen molar-refractivity contribution >= 4 is 5.97 Å². The fourth-order valence-electron chi connectivity index (χ4n) is 1.38. The van der Waals surface area contributed by atoms with Gasteiger partial charge in [-0.2, -0.15) is 0 Å². The van der Waals surface area contributed by atoms with Crippen LogP contribution in [-0.2, 0) is 16.0 Å². The maximum absolute atomic E-state index is 13.0. The summed E-state index contributed by atoms with van der Waals surface area (Å²) in [6, 6.07) is 2.30. The third kappa shape index (κ3) is 3.45. The molecule has 0 amide bonds. The van der Waals surface area contributed by atoms with Gasteiger partial charge in [-0.05, 0) is 24.1 Å². The van der Waals surface area contributed by atoms with Gasteiger partial charge in [-0.15, -0.1) is 0 Å². The van der Waals surface area contributed by atoms with Crippen molar-refractivity contribution in [1.29, 1.82) is 0 Å². The summed E-state index contributed by atoms with van der Waals surface area (Å²) in [5.41, 5.74) is 5.13. The van der Waals surface area contributed by atoms with E-state index in [1.165, 1.54) is 13.2 Å². The highest BCUT2D eigenvalue weighted by Crippen LogP contribution is 2.23. The minimum absolute atomic E-state index is 0.0205. The number of esters is 1. The van der Waals surface area contributed by atoms with E-state index in [2.05, 4.69) is 4.74 Å². The Morgan fingerprint density at radius 3 is 2.65 bits per heavy atom. The highest BCUT2D eigenvalue weighted by molar-refractivity contribution is 5.75. The second-order valence-electron chi connectivity index (χ2n) is 3.49. The number of benzene rings is 1. The van der Waals surface area contributed by atoms with Crippen molar-refractivity contribution in [3.05, 3.63) is 35.1 Å². The molecule has 0 aliphatic heterocycles. The van der Waals surface area contributed by atoms with Gasteiger partial charge >= 0.3 is 5.97 Å². The third-order valence-electron chi connectivity index (χ3n) is 2.26. The van der Waals surface area contributed by atoms with E-state index in [1.54, 1.807) is 0 Å². The van der Waals surface area contributed by atoms with Gasteiger partial charge in [-0.1, -0.05) is 6.07 Å². The molecule has 0 saturated carbocycles. The molecule has 6 heteroatoms. The highest BCUT2D eigenvalue weighted by Gasteiger charge is 2.17. The summed E-state index contributed by atoms with van der Waals surface area (Å²) in [5.74, 6) is -1.62. The van der Waals surface area contributed by atoms with Gasteiger partial charge in [0.25, 0.3) is 6.43 Å². The maximum atomic E-state index is 13.0. The Balaban J connectivity index is 2.86. The lowest BCUT2D eigenvalue weighted by molar-refractivity contribution is -0.142. The molecule has 1 aromatic carbocycles. The summed E-state index contributed by atoms with van der Waals surface area (Å²) in [6.45, 7) is 0. The first-order valence-electron chi connectivity index (χ1n) is 4.85. The number of rotatable bonds is 4. The minimum Gasteiger partial charge on any atom is -0.468 e. The Morgan fingerprint density at radius 2 is 2.12 bits per heavy atom. The molecule has 17 heavy (non-hydrogen) atoms. The molecule has 0 bridgehead atoms. The lowest BCUT2D eigenvalue weighted by atomic mass is 10.0. The molecular weight excluding hydrogens is 235 g/mol. The second kappa shape index (κ2) is 5.67. The number of hydrogen-bond acceptors (Lipinski definition) is 3. The van der Waals surface area contributed by atoms with Gasteiger partial charge in [-0.3, -0.25) is 4.79 Å². The molecule has 0 saturated heterocycles. The zero-order valence-corrected chi connectivity index (χ0v) is 9.12. The number of nitrogens with two attached hydrogens (primary N) is 1. The molecule has 1 rings (SSSR count). The predicted octanol–water partition coefficient (Wildman–Crippen LogP) is 1.81. The molecule has 1 atom stereocenters. The van der Waals surface area contributed by atoms with Crippen molar-refractivity contribution in [2.24, 2.45) is 5.73 Å². The van der Waals surface area contributed by atoms with Crippen LogP contribution in [0.3, 0.4) is 0 Å². The fourth-order valence-corrected chi connectivity index (χ4v) is 1.38. The number of hydrogen-bond donors (Lipinski definition) is 1. The van der Waals surface area contributed by atoms with Crippen LogP contribution in [-0.4, -0.2) is 19.1 Å². The summed E-state index contributed by atoms with van der Waals surface area (Å²) in [4.78, 5) is 11.0. The monoisotopic (exact) mass is 247 g/mol. The Kier molecular flexibility index (Phi) is 4.51. The van der Waals surface area contributed by atoms with Gasteiger partial charge in [0.15, 0.2) is 0 Å². The summed E-state index contributed by atoms with van der Waals surface area (Å²) in [6.07, 6.45) is -2.88. The molecule has 0 aromatic heterocycles. The molecule has 3 nitrogen and oxygen atoms in total. The van der Waals surface area contributed by atoms with Crippen LogP contribution in [0.2, 0.25) is 0 Å². The summed E-state index contributed by atoms with van der Waals surface area (Å²) in [5, 5.41) is 0. The van der Waals surface area contributed by atoms with E-state index >= 15 is 0 Å². The Morgan fingerprint density at radius 1 is 1.47 bits per heavy atom. The van der Waals surface area contributed by atoms with E-state index in [9.17, 15) is 18.0 Å². The number of carbonyl (C=O) groups excluding carboxylic acids is 1. The van der Waals surface area contributed by atoms with E-state index < -0.39 is 29.8 Å². The van der Waals surface area contributed by atoms with Crippen LogP contribution in [0, 0.1) is 5.82 Å². The number of ether oxygens (including phenoxy) is 1. The van der Waals surface area contributed by atoms with E-state index in [1.807, 2.05) is 0 Å². The lowest BCUT2D eigenvalue weighted by Gasteiger charge is -2.10. The van der Waals surface area contributed by atoms with Crippen molar-refractivity contribution in [3.63, 3.8) is 0 Å². The molecule has 94 valence electrons. The zero-order chi connectivity index (χ0) is 13.0. The van der Waals surface area contributed by atoms with Gasteiger partial charge < -0.3 is 10.5 Å². The molecule has 2 N–H and O–H groups in total. The van der Waals surface area contributed by atoms with Crippen molar-refractivity contribution in [1.82, 2.24) is 0 Å². The normalized spacial score (nSPS) is 12.6. The van der Waals surface area contributed by atoms with Crippen LogP contribution in [0.1, 0.15) is 17.6 Å². The zero-order valence-electron chi connectivity index (χ0n) is 9.12. The third-order valence-corrected chi connectivity index (χ3v) is 2.26. The Labute approximate surface area is 96.4 Å². The van der Waals surface area contributed by atoms with E-state index in [-0.39, 0.29) is 6.42 Å². The number of halogens is 3. The standard InChI is InChI=1S/C11H12F3NO2/c1-17-11(16)9(15)5-6-2-3-8(12)7(4-6)10(13)14/h2-4,9-10H,5,15H2,1H3/t9-/m1/s1. The first-order valence-corrected chi connectivity index (χ1v) is 4.85. The lowest BCUT2D eigenvalue weighted by Crippen LogP contribution is -2.33.